The average Bonchev–Trinajstić information content (AvgIpc) is 2.90. The van der Waals surface area contributed by atoms with E-state index in [-0.39, 0.29) is 43.0 Å². The Morgan fingerprint density at radius 3 is 2.39 bits per heavy atom. The fraction of sp³-hybridized carbons (Fsp3) is 0.269. The van der Waals surface area contributed by atoms with Gasteiger partial charge in [0.1, 0.15) is 11.6 Å². The number of carbonyl (C=O) groups is 1. The SMILES string of the molecule is O=C(O)N1CCN2c3ccc(-c4cc(F)cc(OC(F)F)c4)cc3N(S(=O)(=O)c3cccc(C(F)(F)F)c3)C[C@@H]2C1. The molecule has 218 valence electrons. The van der Waals surface area contributed by atoms with Crippen molar-refractivity contribution in [3.8, 4) is 16.9 Å². The number of hydrogen-bond acceptors (Lipinski definition) is 5. The molecular formula is C26H21F6N3O5S. The van der Waals surface area contributed by atoms with Gasteiger partial charge in [-0.3, -0.25) is 4.31 Å². The summed E-state index contributed by atoms with van der Waals surface area (Å²) in [4.78, 5) is 13.9. The summed E-state index contributed by atoms with van der Waals surface area (Å²) in [5.41, 5.74) is -0.481. The van der Waals surface area contributed by atoms with Crippen molar-refractivity contribution >= 4 is 27.5 Å². The Kier molecular flexibility index (Phi) is 7.17. The zero-order valence-corrected chi connectivity index (χ0v) is 21.7. The molecule has 1 amide bonds. The summed E-state index contributed by atoms with van der Waals surface area (Å²) in [5.74, 6) is -1.36. The minimum absolute atomic E-state index is 0.0422. The quantitative estimate of drug-likeness (QED) is 0.389. The number of nitrogens with zero attached hydrogens (tertiary/aromatic N) is 3. The Bertz CT molecular complexity index is 1600. The largest absolute Gasteiger partial charge is 0.465 e. The number of alkyl halides is 5. The molecule has 0 saturated carbocycles. The van der Waals surface area contributed by atoms with Gasteiger partial charge in [0.25, 0.3) is 10.0 Å². The average molecular weight is 602 g/mol. The molecule has 15 heteroatoms. The molecule has 2 aliphatic rings. The second-order valence-electron chi connectivity index (χ2n) is 9.40. The highest BCUT2D eigenvalue weighted by Gasteiger charge is 2.41. The van der Waals surface area contributed by atoms with Crippen molar-refractivity contribution in [2.45, 2.75) is 23.7 Å². The number of amides is 1. The van der Waals surface area contributed by atoms with E-state index in [1.54, 1.807) is 4.90 Å². The summed E-state index contributed by atoms with van der Waals surface area (Å²) < 4.78 is 113. The molecule has 1 N–H and O–H groups in total. The standard InChI is InChI=1S/C26H21F6N3O5S/c27-18-8-16(9-20(12-18)40-24(28)29)15-4-5-22-23(10-15)35(14-19-13-33(25(36)37)6-7-34(19)22)41(38,39)21-3-1-2-17(11-21)26(30,31)32/h1-5,8-12,19,24H,6-7,13-14H2,(H,36,37)/t19-/m0/s1. The molecule has 1 fully saturated rings. The number of rotatable bonds is 5. The van der Waals surface area contributed by atoms with Gasteiger partial charge in [-0.25, -0.2) is 17.6 Å². The maximum Gasteiger partial charge on any atom is 0.416 e. The molecule has 0 radical (unpaired) electrons. The van der Waals surface area contributed by atoms with E-state index >= 15 is 0 Å². The normalized spacial score (nSPS) is 17.3. The number of piperazine rings is 1. The Balaban J connectivity index is 1.64. The van der Waals surface area contributed by atoms with E-state index in [1.165, 1.54) is 18.2 Å². The topological polar surface area (TPSA) is 90.4 Å². The molecule has 0 aliphatic carbocycles. The monoisotopic (exact) mass is 601 g/mol. The van der Waals surface area contributed by atoms with Gasteiger partial charge in [0.2, 0.25) is 0 Å². The van der Waals surface area contributed by atoms with E-state index in [9.17, 15) is 44.7 Å². The predicted molar refractivity (Wildman–Crippen MR) is 135 cm³/mol. The molecule has 5 rings (SSSR count). The lowest BCUT2D eigenvalue weighted by molar-refractivity contribution is -0.137. The van der Waals surface area contributed by atoms with E-state index in [2.05, 4.69) is 4.74 Å². The number of ether oxygens (including phenoxy) is 1. The summed E-state index contributed by atoms with van der Waals surface area (Å²) >= 11 is 0. The lowest BCUT2D eigenvalue weighted by Gasteiger charge is -2.48. The molecule has 0 unspecified atom stereocenters. The first-order valence-corrected chi connectivity index (χ1v) is 13.5. The second kappa shape index (κ2) is 10.4. The number of sulfonamides is 1. The Labute approximate surface area is 230 Å². The summed E-state index contributed by atoms with van der Waals surface area (Å²) in [5, 5.41) is 9.48. The molecule has 2 aliphatic heterocycles. The van der Waals surface area contributed by atoms with E-state index in [0.717, 1.165) is 45.6 Å². The number of benzene rings is 3. The van der Waals surface area contributed by atoms with Crippen LogP contribution < -0.4 is 13.9 Å². The van der Waals surface area contributed by atoms with Crippen molar-refractivity contribution in [3.05, 3.63) is 72.0 Å². The van der Waals surface area contributed by atoms with Crippen molar-refractivity contribution in [3.63, 3.8) is 0 Å². The second-order valence-corrected chi connectivity index (χ2v) is 11.3. The molecule has 0 spiro atoms. The molecule has 3 aromatic carbocycles. The number of fused-ring (bicyclic) bond motifs is 3. The van der Waals surface area contributed by atoms with Gasteiger partial charge in [-0.15, -0.1) is 0 Å². The summed E-state index contributed by atoms with van der Waals surface area (Å²) in [6.07, 6.45) is -6.01. The highest BCUT2D eigenvalue weighted by Crippen LogP contribution is 2.43. The third-order valence-corrected chi connectivity index (χ3v) is 8.64. The van der Waals surface area contributed by atoms with E-state index in [1.807, 2.05) is 0 Å². The molecular weight excluding hydrogens is 580 g/mol. The first-order valence-electron chi connectivity index (χ1n) is 12.1. The number of halogens is 6. The summed E-state index contributed by atoms with van der Waals surface area (Å²) in [7, 11) is -4.63. The Morgan fingerprint density at radius 2 is 1.71 bits per heavy atom. The fourth-order valence-electron chi connectivity index (χ4n) is 5.03. The first-order chi connectivity index (χ1) is 19.2. The molecule has 3 aromatic rings. The van der Waals surface area contributed by atoms with Crippen molar-refractivity contribution in [2.24, 2.45) is 0 Å². The van der Waals surface area contributed by atoms with Crippen LogP contribution >= 0.6 is 0 Å². The van der Waals surface area contributed by atoms with Gasteiger partial charge in [0, 0.05) is 25.7 Å². The van der Waals surface area contributed by atoms with Crippen molar-refractivity contribution in [1.29, 1.82) is 0 Å². The summed E-state index contributed by atoms with van der Waals surface area (Å²) in [6.45, 7) is -3.27. The fourth-order valence-corrected chi connectivity index (χ4v) is 6.58. The van der Waals surface area contributed by atoms with E-state index < -0.39 is 57.0 Å². The molecule has 1 atom stereocenters. The van der Waals surface area contributed by atoms with Gasteiger partial charge in [-0.1, -0.05) is 12.1 Å². The van der Waals surface area contributed by atoms with Crippen LogP contribution in [0.4, 0.5) is 42.5 Å². The summed E-state index contributed by atoms with van der Waals surface area (Å²) in [6, 6.07) is 9.86. The molecule has 2 heterocycles. The zero-order valence-electron chi connectivity index (χ0n) is 20.9. The van der Waals surface area contributed by atoms with Crippen molar-refractivity contribution in [1.82, 2.24) is 4.90 Å². The Morgan fingerprint density at radius 1 is 0.951 bits per heavy atom. The number of carboxylic acid groups (broad SMARTS) is 1. The van der Waals surface area contributed by atoms with Gasteiger partial charge in [0.05, 0.1) is 34.4 Å². The lowest BCUT2D eigenvalue weighted by Crippen LogP contribution is -2.61. The van der Waals surface area contributed by atoms with Crippen LogP contribution in [-0.4, -0.2) is 63.3 Å². The van der Waals surface area contributed by atoms with Crippen molar-refractivity contribution < 1.29 is 49.4 Å². The van der Waals surface area contributed by atoms with Crippen LogP contribution in [0.25, 0.3) is 11.1 Å². The number of anilines is 2. The maximum atomic E-state index is 14.3. The molecule has 0 bridgehead atoms. The van der Waals surface area contributed by atoms with E-state index in [0.29, 0.717) is 11.8 Å². The first kappa shape index (κ1) is 28.4. The predicted octanol–water partition coefficient (Wildman–Crippen LogP) is 5.49. The van der Waals surface area contributed by atoms with Crippen molar-refractivity contribution in [2.75, 3.05) is 35.4 Å². The van der Waals surface area contributed by atoms with Gasteiger partial charge >= 0.3 is 18.9 Å². The van der Waals surface area contributed by atoms with Crippen LogP contribution in [0.1, 0.15) is 5.56 Å². The van der Waals surface area contributed by atoms with Gasteiger partial charge in [0.15, 0.2) is 0 Å². The van der Waals surface area contributed by atoms with Crippen LogP contribution in [0.5, 0.6) is 5.75 Å². The lowest BCUT2D eigenvalue weighted by atomic mass is 10.00. The van der Waals surface area contributed by atoms with E-state index in [4.69, 9.17) is 0 Å². The minimum atomic E-state index is -4.81. The van der Waals surface area contributed by atoms with Gasteiger partial charge in [-0.2, -0.15) is 22.0 Å². The highest BCUT2D eigenvalue weighted by molar-refractivity contribution is 7.92. The molecule has 8 nitrogen and oxygen atoms in total. The maximum absolute atomic E-state index is 14.3. The van der Waals surface area contributed by atoms with Crippen LogP contribution in [0.3, 0.4) is 0 Å². The van der Waals surface area contributed by atoms with Crippen LogP contribution in [0, 0.1) is 5.82 Å². The molecule has 1 saturated heterocycles. The van der Waals surface area contributed by atoms with Crippen LogP contribution in [0.15, 0.2) is 65.6 Å². The molecule has 0 aromatic heterocycles. The third-order valence-electron chi connectivity index (χ3n) is 6.86. The number of hydrogen-bond donors (Lipinski definition) is 1. The van der Waals surface area contributed by atoms with Gasteiger partial charge in [-0.05, 0) is 53.6 Å². The van der Waals surface area contributed by atoms with Crippen LogP contribution in [-0.2, 0) is 16.2 Å². The smallest absolute Gasteiger partial charge is 0.416 e. The minimum Gasteiger partial charge on any atom is -0.465 e. The van der Waals surface area contributed by atoms with Gasteiger partial charge < -0.3 is 19.6 Å². The zero-order chi connectivity index (χ0) is 29.7. The molecule has 41 heavy (non-hydrogen) atoms. The third kappa shape index (κ3) is 5.58. The highest BCUT2D eigenvalue weighted by atomic mass is 32.2. The van der Waals surface area contributed by atoms with Crippen LogP contribution in [0.2, 0.25) is 0 Å². The Hall–Kier alpha value is -4.14.